The molecule has 3 heteroatoms. The van der Waals surface area contributed by atoms with Gasteiger partial charge in [-0.15, -0.1) is 0 Å². The number of nitrogens with zero attached hydrogens (tertiary/aromatic N) is 1. The fraction of sp³-hybridized carbons (Fsp3) is 0.667. The molecule has 1 aliphatic rings. The Hall–Kier alpha value is -0.830. The predicted molar refractivity (Wildman–Crippen MR) is 50.3 cm³/mol. The molecule has 68 valence electrons. The topological polar surface area (TPSA) is 33.6 Å². The van der Waals surface area contributed by atoms with Crippen LogP contribution in [0, 0.1) is 0 Å². The number of methoxy groups -OCH3 is 1. The molecule has 1 fully saturated rings. The SMILES string of the molecule is CO/C=C\N=CC1CCCCN1. The van der Waals surface area contributed by atoms with Gasteiger partial charge in [0.15, 0.2) is 0 Å². The van der Waals surface area contributed by atoms with Crippen molar-refractivity contribution in [3.05, 3.63) is 12.5 Å². The van der Waals surface area contributed by atoms with E-state index in [1.165, 1.54) is 19.3 Å². The highest BCUT2D eigenvalue weighted by molar-refractivity contribution is 5.65. The number of nitrogens with one attached hydrogen (secondary N) is 1. The van der Waals surface area contributed by atoms with Crippen LogP contribution >= 0.6 is 0 Å². The number of rotatable bonds is 3. The maximum atomic E-state index is 4.72. The van der Waals surface area contributed by atoms with Crippen LogP contribution in [-0.2, 0) is 4.74 Å². The fourth-order valence-corrected chi connectivity index (χ4v) is 1.26. The summed E-state index contributed by atoms with van der Waals surface area (Å²) in [6.45, 7) is 1.12. The van der Waals surface area contributed by atoms with Gasteiger partial charge < -0.3 is 10.1 Å². The zero-order valence-corrected chi connectivity index (χ0v) is 7.49. The summed E-state index contributed by atoms with van der Waals surface area (Å²) in [6, 6.07) is 0.459. The summed E-state index contributed by atoms with van der Waals surface area (Å²) in [7, 11) is 1.62. The zero-order chi connectivity index (χ0) is 8.65. The van der Waals surface area contributed by atoms with Crippen LogP contribution in [-0.4, -0.2) is 25.9 Å². The second kappa shape index (κ2) is 5.77. The Kier molecular flexibility index (Phi) is 4.46. The monoisotopic (exact) mass is 168 g/mol. The van der Waals surface area contributed by atoms with Crippen LogP contribution in [0.1, 0.15) is 19.3 Å². The largest absolute Gasteiger partial charge is 0.503 e. The normalized spacial score (nSPS) is 25.2. The van der Waals surface area contributed by atoms with Crippen molar-refractivity contribution in [3.8, 4) is 0 Å². The average Bonchev–Trinajstić information content (AvgIpc) is 2.14. The first-order valence-corrected chi connectivity index (χ1v) is 4.38. The molecule has 0 aromatic carbocycles. The summed E-state index contributed by atoms with van der Waals surface area (Å²) in [5.74, 6) is 0. The van der Waals surface area contributed by atoms with Gasteiger partial charge in [0.1, 0.15) is 6.26 Å². The van der Waals surface area contributed by atoms with Crippen LogP contribution in [0.25, 0.3) is 0 Å². The fourth-order valence-electron chi connectivity index (χ4n) is 1.26. The highest BCUT2D eigenvalue weighted by Crippen LogP contribution is 2.04. The van der Waals surface area contributed by atoms with Gasteiger partial charge in [0.25, 0.3) is 0 Å². The van der Waals surface area contributed by atoms with Gasteiger partial charge in [0.2, 0.25) is 0 Å². The molecule has 3 nitrogen and oxygen atoms in total. The third-order valence-electron chi connectivity index (χ3n) is 1.90. The van der Waals surface area contributed by atoms with E-state index in [1.807, 2.05) is 6.21 Å². The summed E-state index contributed by atoms with van der Waals surface area (Å²) >= 11 is 0. The Bertz CT molecular complexity index is 160. The number of piperidine rings is 1. The van der Waals surface area contributed by atoms with Crippen LogP contribution in [0.3, 0.4) is 0 Å². The van der Waals surface area contributed by atoms with E-state index < -0.39 is 0 Å². The Morgan fingerprint density at radius 1 is 1.50 bits per heavy atom. The first-order chi connectivity index (χ1) is 5.93. The smallest absolute Gasteiger partial charge is 0.101 e. The molecule has 0 spiro atoms. The lowest BCUT2D eigenvalue weighted by Crippen LogP contribution is -2.34. The molecule has 1 atom stereocenters. The number of hydrogen-bond acceptors (Lipinski definition) is 3. The number of ether oxygens (including phenoxy) is 1. The average molecular weight is 168 g/mol. The molecule has 1 N–H and O–H groups in total. The first kappa shape index (κ1) is 9.26. The maximum Gasteiger partial charge on any atom is 0.101 e. The van der Waals surface area contributed by atoms with E-state index in [-0.39, 0.29) is 0 Å². The Labute approximate surface area is 73.5 Å². The van der Waals surface area contributed by atoms with Crippen molar-refractivity contribution in [2.45, 2.75) is 25.3 Å². The molecule has 0 amide bonds. The lowest BCUT2D eigenvalue weighted by molar-refractivity contribution is 0.337. The Balaban J connectivity index is 2.19. The van der Waals surface area contributed by atoms with Crippen molar-refractivity contribution in [2.24, 2.45) is 4.99 Å². The molecule has 1 aliphatic heterocycles. The molecular weight excluding hydrogens is 152 g/mol. The van der Waals surface area contributed by atoms with Crippen LogP contribution < -0.4 is 5.32 Å². The third-order valence-corrected chi connectivity index (χ3v) is 1.90. The highest BCUT2D eigenvalue weighted by Gasteiger charge is 2.08. The quantitative estimate of drug-likeness (QED) is 0.509. The molecule has 12 heavy (non-hydrogen) atoms. The second-order valence-corrected chi connectivity index (χ2v) is 2.88. The molecule has 0 radical (unpaired) electrons. The molecule has 0 aromatic rings. The van der Waals surface area contributed by atoms with E-state index in [0.29, 0.717) is 6.04 Å². The third kappa shape index (κ3) is 3.53. The van der Waals surface area contributed by atoms with Crippen molar-refractivity contribution in [2.75, 3.05) is 13.7 Å². The second-order valence-electron chi connectivity index (χ2n) is 2.88. The van der Waals surface area contributed by atoms with Gasteiger partial charge in [-0.05, 0) is 19.4 Å². The molecule has 0 aliphatic carbocycles. The maximum absolute atomic E-state index is 4.72. The van der Waals surface area contributed by atoms with E-state index >= 15 is 0 Å². The van der Waals surface area contributed by atoms with Crippen LogP contribution in [0.5, 0.6) is 0 Å². The first-order valence-electron chi connectivity index (χ1n) is 4.38. The van der Waals surface area contributed by atoms with Crippen molar-refractivity contribution in [1.29, 1.82) is 0 Å². The van der Waals surface area contributed by atoms with Crippen LogP contribution in [0.2, 0.25) is 0 Å². The van der Waals surface area contributed by atoms with Crippen LogP contribution in [0.4, 0.5) is 0 Å². The van der Waals surface area contributed by atoms with Crippen molar-refractivity contribution in [3.63, 3.8) is 0 Å². The molecule has 1 unspecified atom stereocenters. The Morgan fingerprint density at radius 2 is 2.42 bits per heavy atom. The standard InChI is InChI=1S/C9H16N2O/c1-12-7-6-10-8-9-4-2-3-5-11-9/h6-9,11H,2-5H2,1H3/b7-6-,10-8?. The lowest BCUT2D eigenvalue weighted by Gasteiger charge is -2.18. The van der Waals surface area contributed by atoms with E-state index in [0.717, 1.165) is 6.54 Å². The van der Waals surface area contributed by atoms with Gasteiger partial charge in [-0.3, -0.25) is 4.99 Å². The van der Waals surface area contributed by atoms with Crippen LogP contribution in [0.15, 0.2) is 17.5 Å². The van der Waals surface area contributed by atoms with Gasteiger partial charge in [-0.2, -0.15) is 0 Å². The molecule has 0 bridgehead atoms. The van der Waals surface area contributed by atoms with Gasteiger partial charge in [-0.1, -0.05) is 6.42 Å². The van der Waals surface area contributed by atoms with Gasteiger partial charge in [0.05, 0.1) is 13.3 Å². The van der Waals surface area contributed by atoms with E-state index in [1.54, 1.807) is 19.6 Å². The molecular formula is C9H16N2O. The number of hydrogen-bond donors (Lipinski definition) is 1. The van der Waals surface area contributed by atoms with Gasteiger partial charge >= 0.3 is 0 Å². The molecule has 0 saturated carbocycles. The summed E-state index contributed by atoms with van der Waals surface area (Å²) < 4.78 is 4.72. The predicted octanol–water partition coefficient (Wildman–Crippen LogP) is 1.32. The molecule has 1 saturated heterocycles. The van der Waals surface area contributed by atoms with Crippen molar-refractivity contribution >= 4 is 6.21 Å². The molecule has 1 rings (SSSR count). The highest BCUT2D eigenvalue weighted by atomic mass is 16.5. The Morgan fingerprint density at radius 3 is 3.08 bits per heavy atom. The van der Waals surface area contributed by atoms with Gasteiger partial charge in [0, 0.05) is 12.3 Å². The summed E-state index contributed by atoms with van der Waals surface area (Å²) in [4.78, 5) is 4.09. The van der Waals surface area contributed by atoms with Crippen molar-refractivity contribution in [1.82, 2.24) is 5.32 Å². The van der Waals surface area contributed by atoms with Gasteiger partial charge in [-0.25, -0.2) is 0 Å². The minimum atomic E-state index is 0.459. The molecule has 0 aromatic heterocycles. The summed E-state index contributed by atoms with van der Waals surface area (Å²) in [6.07, 6.45) is 8.96. The van der Waals surface area contributed by atoms with E-state index in [2.05, 4.69) is 10.3 Å². The summed E-state index contributed by atoms with van der Waals surface area (Å²) in [5.41, 5.74) is 0. The van der Waals surface area contributed by atoms with E-state index in [4.69, 9.17) is 4.74 Å². The lowest BCUT2D eigenvalue weighted by atomic mass is 10.1. The minimum Gasteiger partial charge on any atom is -0.503 e. The zero-order valence-electron chi connectivity index (χ0n) is 7.49. The van der Waals surface area contributed by atoms with E-state index in [9.17, 15) is 0 Å². The molecule has 1 heterocycles. The minimum absolute atomic E-state index is 0.459. The summed E-state index contributed by atoms with van der Waals surface area (Å²) in [5, 5.41) is 3.37. The van der Waals surface area contributed by atoms with Crippen molar-refractivity contribution < 1.29 is 4.74 Å². The number of aliphatic imine (C=N–C) groups is 1.